The van der Waals surface area contributed by atoms with E-state index in [4.69, 9.17) is 10.1 Å². The summed E-state index contributed by atoms with van der Waals surface area (Å²) >= 11 is 1.43. The quantitative estimate of drug-likeness (QED) is 0.208. The van der Waals surface area contributed by atoms with Gasteiger partial charge in [0.15, 0.2) is 0 Å². The van der Waals surface area contributed by atoms with E-state index in [1.54, 1.807) is 0 Å². The molecule has 0 radical (unpaired) electrons. The number of thiol groups is 1. The van der Waals surface area contributed by atoms with E-state index < -0.39 is 0 Å². The summed E-state index contributed by atoms with van der Waals surface area (Å²) in [5, 5.41) is 11.8. The molecule has 2 aromatic carbocycles. The van der Waals surface area contributed by atoms with Crippen molar-refractivity contribution in [1.82, 2.24) is 9.21 Å². The number of hydrogen-bond acceptors (Lipinski definition) is 5. The summed E-state index contributed by atoms with van der Waals surface area (Å²) in [6.45, 7) is 3.70. The maximum Gasteiger partial charge on any atom is 0.293 e. The Labute approximate surface area is 187 Å². The van der Waals surface area contributed by atoms with Gasteiger partial charge in [0.05, 0.1) is 25.0 Å². The predicted molar refractivity (Wildman–Crippen MR) is 127 cm³/mol. The number of anilines is 1. The fraction of sp³-hybridized carbons (Fsp3) is 0.333. The Morgan fingerprint density at radius 3 is 2.29 bits per heavy atom. The minimum absolute atomic E-state index is 0.191. The molecule has 1 amide bonds. The first-order valence-corrected chi connectivity index (χ1v) is 11.6. The molecule has 31 heavy (non-hydrogen) atoms. The second-order valence-corrected chi connectivity index (χ2v) is 9.27. The summed E-state index contributed by atoms with van der Waals surface area (Å²) in [6.07, 6.45) is 3.92. The zero-order valence-corrected chi connectivity index (χ0v) is 18.4. The highest BCUT2D eigenvalue weighted by molar-refractivity contribution is 7.77. The third-order valence-electron chi connectivity index (χ3n) is 5.30. The molecule has 2 fully saturated rings. The molecular weight excluding hydrogens is 408 g/mol. The van der Waals surface area contributed by atoms with Crippen molar-refractivity contribution in [2.45, 2.75) is 24.7 Å². The highest BCUT2D eigenvalue weighted by atomic mass is 32.2. The van der Waals surface area contributed by atoms with Gasteiger partial charge in [0.25, 0.3) is 5.91 Å². The minimum Gasteiger partial charge on any atom is -0.481 e. The Balaban J connectivity index is 1.51. The van der Waals surface area contributed by atoms with Crippen LogP contribution in [0.15, 0.2) is 72.1 Å². The van der Waals surface area contributed by atoms with Crippen LogP contribution < -0.4 is 5.32 Å². The molecule has 7 heteroatoms. The number of piperazine rings is 1. The monoisotopic (exact) mass is 437 g/mol. The van der Waals surface area contributed by atoms with Crippen LogP contribution in [0, 0.1) is 5.41 Å². The predicted octanol–water partition coefficient (Wildman–Crippen LogP) is 3.21. The van der Waals surface area contributed by atoms with E-state index in [1.165, 1.54) is 31.0 Å². The fourth-order valence-electron chi connectivity index (χ4n) is 3.47. The van der Waals surface area contributed by atoms with Crippen molar-refractivity contribution in [3.63, 3.8) is 0 Å². The zero-order chi connectivity index (χ0) is 21.5. The van der Waals surface area contributed by atoms with Crippen molar-refractivity contribution < 1.29 is 9.53 Å². The van der Waals surface area contributed by atoms with Crippen LogP contribution in [0.2, 0.25) is 0 Å². The van der Waals surface area contributed by atoms with Crippen LogP contribution in [0.3, 0.4) is 0 Å². The molecule has 162 valence electrons. The van der Waals surface area contributed by atoms with E-state index in [0.717, 1.165) is 37.0 Å². The van der Waals surface area contributed by atoms with Crippen molar-refractivity contribution in [2.75, 3.05) is 31.5 Å². The Hall–Kier alpha value is -2.77. The van der Waals surface area contributed by atoms with Crippen LogP contribution in [0.1, 0.15) is 18.4 Å². The molecular formula is C24H29N4O2S+. The molecule has 0 bridgehead atoms. The molecule has 2 aromatic rings. The van der Waals surface area contributed by atoms with Gasteiger partial charge in [0, 0.05) is 37.8 Å². The van der Waals surface area contributed by atoms with Gasteiger partial charge in [-0.1, -0.05) is 48.5 Å². The number of amides is 1. The molecule has 0 unspecified atom stereocenters. The number of para-hydroxylation sites is 1. The Morgan fingerprint density at radius 2 is 1.68 bits per heavy atom. The molecule has 1 saturated heterocycles. The first-order valence-electron chi connectivity index (χ1n) is 10.7. The smallest absolute Gasteiger partial charge is 0.293 e. The van der Waals surface area contributed by atoms with Gasteiger partial charge in [0.2, 0.25) is 5.76 Å². The third kappa shape index (κ3) is 6.12. The normalized spacial score (nSPS) is 17.6. The Bertz CT molecular complexity index is 908. The number of rotatable bonds is 9. The van der Waals surface area contributed by atoms with E-state index >= 15 is 0 Å². The van der Waals surface area contributed by atoms with Crippen LogP contribution in [-0.2, 0) is 28.1 Å². The lowest BCUT2D eigenvalue weighted by atomic mass is 10.2. The maximum atomic E-state index is 13.2. The van der Waals surface area contributed by atoms with Gasteiger partial charge in [-0.15, -0.1) is 4.31 Å². The number of nitrogens with one attached hydrogen (secondary N) is 2. The first kappa shape index (κ1) is 21.5. The van der Waals surface area contributed by atoms with Crippen LogP contribution >= 0.6 is 0 Å². The van der Waals surface area contributed by atoms with Crippen molar-refractivity contribution in [3.8, 4) is 0 Å². The number of hydrogen-bond donors (Lipinski definition) is 2. The number of carbonyl (C=O) groups is 1. The molecule has 0 aromatic heterocycles. The summed E-state index contributed by atoms with van der Waals surface area (Å²) in [5.41, 5.74) is 2.21. The second-order valence-electron chi connectivity index (χ2n) is 7.74. The lowest BCUT2D eigenvalue weighted by Gasteiger charge is -2.33. The molecule has 1 aliphatic carbocycles. The SMILES string of the molecule is N=C/C(=C(/OCc1ccccc1)C(=O)Nc1ccccc1)N1CCN([SH+]C2CC2)CC1. The van der Waals surface area contributed by atoms with E-state index in [0.29, 0.717) is 11.4 Å². The summed E-state index contributed by atoms with van der Waals surface area (Å²) in [7, 11) is 0. The number of carbonyl (C=O) groups excluding carboxylic acids is 1. The Kier molecular flexibility index (Phi) is 7.27. The van der Waals surface area contributed by atoms with E-state index in [-0.39, 0.29) is 18.3 Å². The highest BCUT2D eigenvalue weighted by Gasteiger charge is 2.35. The minimum atomic E-state index is -0.334. The average molecular weight is 438 g/mol. The van der Waals surface area contributed by atoms with E-state index in [1.807, 2.05) is 60.7 Å². The van der Waals surface area contributed by atoms with Gasteiger partial charge in [-0.25, -0.2) is 0 Å². The summed E-state index contributed by atoms with van der Waals surface area (Å²) < 4.78 is 8.49. The molecule has 1 aliphatic heterocycles. The summed E-state index contributed by atoms with van der Waals surface area (Å²) in [5.74, 6) is -0.143. The fourth-order valence-corrected chi connectivity index (χ4v) is 4.72. The standard InChI is InChI=1S/C24H28N4O2S/c25-17-22(27-13-15-28(16-14-27)31-21-11-12-21)23(30-18-19-7-3-1-4-8-19)24(29)26-20-9-5-2-6-10-20/h1-10,17,21,25H,11-16,18H2,(H,26,29)/p+1/b23-22-,25-17?. The zero-order valence-electron chi connectivity index (χ0n) is 17.5. The lowest BCUT2D eigenvalue weighted by Crippen LogP contribution is -2.46. The van der Waals surface area contributed by atoms with Crippen molar-refractivity contribution >= 4 is 29.8 Å². The van der Waals surface area contributed by atoms with Crippen LogP contribution in [0.25, 0.3) is 0 Å². The molecule has 0 spiro atoms. The van der Waals surface area contributed by atoms with Gasteiger partial charge in [-0.05, 0) is 17.7 Å². The average Bonchev–Trinajstić information content (AvgIpc) is 3.63. The number of benzene rings is 2. The van der Waals surface area contributed by atoms with Gasteiger partial charge < -0.3 is 20.4 Å². The summed E-state index contributed by atoms with van der Waals surface area (Å²) in [6, 6.07) is 19.1. The summed E-state index contributed by atoms with van der Waals surface area (Å²) in [4.78, 5) is 15.3. The molecule has 0 atom stereocenters. The van der Waals surface area contributed by atoms with Gasteiger partial charge >= 0.3 is 0 Å². The topological polar surface area (TPSA) is 68.7 Å². The molecule has 1 heterocycles. The van der Waals surface area contributed by atoms with E-state index in [2.05, 4.69) is 14.5 Å². The molecule has 1 saturated carbocycles. The second kappa shape index (κ2) is 10.5. The Morgan fingerprint density at radius 1 is 1.03 bits per heavy atom. The molecule has 4 rings (SSSR count). The van der Waals surface area contributed by atoms with E-state index in [9.17, 15) is 4.79 Å². The molecule has 2 N–H and O–H groups in total. The van der Waals surface area contributed by atoms with Gasteiger partial charge in [-0.2, -0.15) is 0 Å². The van der Waals surface area contributed by atoms with Gasteiger partial charge in [0.1, 0.15) is 17.6 Å². The molecule has 6 nitrogen and oxygen atoms in total. The van der Waals surface area contributed by atoms with Crippen LogP contribution in [0.4, 0.5) is 5.69 Å². The first-order chi connectivity index (χ1) is 15.2. The number of allylic oxidation sites excluding steroid dienone is 1. The highest BCUT2D eigenvalue weighted by Crippen LogP contribution is 2.26. The number of nitrogens with zero attached hydrogens (tertiary/aromatic N) is 2. The molecule has 2 aliphatic rings. The van der Waals surface area contributed by atoms with Crippen LogP contribution in [0.5, 0.6) is 0 Å². The lowest BCUT2D eigenvalue weighted by molar-refractivity contribution is -0.116. The maximum absolute atomic E-state index is 13.2. The van der Waals surface area contributed by atoms with Crippen LogP contribution in [-0.4, -0.2) is 52.8 Å². The van der Waals surface area contributed by atoms with Gasteiger partial charge in [-0.3, -0.25) is 4.79 Å². The third-order valence-corrected chi connectivity index (χ3v) is 6.87. The van der Waals surface area contributed by atoms with Crippen molar-refractivity contribution in [3.05, 3.63) is 77.7 Å². The largest absolute Gasteiger partial charge is 0.481 e. The van der Waals surface area contributed by atoms with Crippen molar-refractivity contribution in [2.24, 2.45) is 0 Å². The van der Waals surface area contributed by atoms with Crippen molar-refractivity contribution in [1.29, 1.82) is 5.41 Å². The number of ether oxygens (including phenoxy) is 1.